The first-order chi connectivity index (χ1) is 48.8. The van der Waals surface area contributed by atoms with Crippen molar-refractivity contribution in [2.45, 2.75) is 356 Å². The molecule has 3 rings (SSSR count). The number of carbonyl (C=O) groups excluding carboxylic acids is 1. The van der Waals surface area contributed by atoms with Gasteiger partial charge in [-0.15, -0.1) is 0 Å². The van der Waals surface area contributed by atoms with Gasteiger partial charge in [-0.05, 0) is 89.9 Å². The molecule has 3 fully saturated rings. The molecule has 3 saturated heterocycles. The lowest BCUT2D eigenvalue weighted by Crippen LogP contribution is -2.66. The summed E-state index contributed by atoms with van der Waals surface area (Å²) in [6.07, 6.45) is 57.3. The number of unbranched alkanes of at least 4 members (excludes halogenated alkanes) is 25. The predicted molar refractivity (Wildman–Crippen MR) is 397 cm³/mol. The van der Waals surface area contributed by atoms with Crippen molar-refractivity contribution in [1.29, 1.82) is 0 Å². The van der Waals surface area contributed by atoms with Crippen LogP contribution in [0.2, 0.25) is 0 Å². The van der Waals surface area contributed by atoms with Gasteiger partial charge in [0.25, 0.3) is 0 Å². The Morgan fingerprint density at radius 2 is 0.690 bits per heavy atom. The molecule has 17 atom stereocenters. The number of aliphatic hydroxyl groups is 11. The van der Waals surface area contributed by atoms with Crippen LogP contribution < -0.4 is 5.32 Å². The zero-order valence-electron chi connectivity index (χ0n) is 61.1. The van der Waals surface area contributed by atoms with Crippen molar-refractivity contribution in [2.75, 3.05) is 26.4 Å². The maximum Gasteiger partial charge on any atom is 0.220 e. The Morgan fingerprint density at radius 1 is 0.370 bits per heavy atom. The highest BCUT2D eigenvalue weighted by molar-refractivity contribution is 5.76. The highest BCUT2D eigenvalue weighted by atomic mass is 16.8. The smallest absolute Gasteiger partial charge is 0.220 e. The maximum absolute atomic E-state index is 13.5. The minimum Gasteiger partial charge on any atom is -0.394 e. The van der Waals surface area contributed by atoms with E-state index in [1.165, 1.54) is 109 Å². The fraction of sp³-hybridized carbons (Fsp3) is 0.741. The lowest BCUT2D eigenvalue weighted by molar-refractivity contribution is -0.379. The maximum atomic E-state index is 13.5. The van der Waals surface area contributed by atoms with Crippen molar-refractivity contribution in [3.8, 4) is 0 Å². The quantitative estimate of drug-likeness (QED) is 0.0199. The molecule has 0 radical (unpaired) electrons. The molecule has 19 nitrogen and oxygen atoms in total. The minimum atomic E-state index is -1.99. The number of aliphatic hydroxyl groups excluding tert-OH is 11. The van der Waals surface area contributed by atoms with E-state index in [0.29, 0.717) is 6.42 Å². The third-order valence-corrected chi connectivity index (χ3v) is 18.5. The molecule has 3 aliphatic rings. The fourth-order valence-corrected chi connectivity index (χ4v) is 12.3. The molecule has 0 spiro atoms. The molecule has 0 saturated carbocycles. The summed E-state index contributed by atoms with van der Waals surface area (Å²) >= 11 is 0. The van der Waals surface area contributed by atoms with Gasteiger partial charge in [0.15, 0.2) is 18.9 Å². The molecule has 0 aromatic rings. The van der Waals surface area contributed by atoms with E-state index in [1.807, 2.05) is 6.08 Å². The standard InChI is InChI=1S/C81H137NO18/c1-3-5-7-9-11-13-15-17-19-21-23-25-27-28-29-30-31-32-33-34-35-36-37-39-41-43-45-47-49-51-53-55-57-59-69(87)82-64(65(86)58-56-54-52-50-48-46-44-42-40-38-26-24-22-20-18-16-14-12-10-8-6-4-2)63-95-79-75(93)72(90)77(67(61-84)97-79)100-81-76(94)73(91)78(68(62-85)98-81)99-80-74(92)71(89)70(88)66(60-83)96-80/h5,7,11,13,17,19,23,25,28-29,31-32,34-35,37,39,43,45,56,58,64-68,70-81,83-86,88-94H,3-4,6,8-10,12,14-16,18,20-22,24,26-27,30,33,36,38,40-42,44,46-55,57,59-63H2,1-2H3,(H,82,87)/b7-5-,13-11-,19-17-,25-23-,29-28-,32-31-,35-34-,39-37-,45-43-,58-56+. The second-order valence-electron chi connectivity index (χ2n) is 27.1. The van der Waals surface area contributed by atoms with Crippen molar-refractivity contribution >= 4 is 5.91 Å². The van der Waals surface area contributed by atoms with Gasteiger partial charge in [0.2, 0.25) is 5.91 Å². The van der Waals surface area contributed by atoms with E-state index < -0.39 is 124 Å². The van der Waals surface area contributed by atoms with E-state index in [1.54, 1.807) is 6.08 Å². The van der Waals surface area contributed by atoms with Crippen LogP contribution in [0, 0.1) is 0 Å². The third kappa shape index (κ3) is 40.5. The lowest BCUT2D eigenvalue weighted by Gasteiger charge is -2.48. The first-order valence-electron chi connectivity index (χ1n) is 38.8. The Morgan fingerprint density at radius 3 is 1.08 bits per heavy atom. The highest BCUT2D eigenvalue weighted by Crippen LogP contribution is 2.33. The van der Waals surface area contributed by atoms with Crippen LogP contribution in [0.1, 0.15) is 251 Å². The number of ether oxygens (including phenoxy) is 6. The molecular formula is C81H137NO18. The van der Waals surface area contributed by atoms with Gasteiger partial charge in [0.05, 0.1) is 38.6 Å². The van der Waals surface area contributed by atoms with Crippen molar-refractivity contribution in [3.05, 3.63) is 122 Å². The van der Waals surface area contributed by atoms with Crippen LogP contribution in [0.4, 0.5) is 0 Å². The Hall–Kier alpha value is -3.81. The van der Waals surface area contributed by atoms with E-state index >= 15 is 0 Å². The summed E-state index contributed by atoms with van der Waals surface area (Å²) in [4.78, 5) is 13.5. The number of nitrogens with one attached hydrogen (secondary N) is 1. The van der Waals surface area contributed by atoms with E-state index in [-0.39, 0.29) is 18.9 Å². The summed E-state index contributed by atoms with van der Waals surface area (Å²) in [6, 6.07) is -0.994. The van der Waals surface area contributed by atoms with Gasteiger partial charge in [-0.2, -0.15) is 0 Å². The lowest BCUT2D eigenvalue weighted by atomic mass is 9.96. The molecule has 0 aromatic heterocycles. The average Bonchev–Trinajstić information content (AvgIpc) is 0.783. The van der Waals surface area contributed by atoms with Gasteiger partial charge in [-0.1, -0.05) is 277 Å². The van der Waals surface area contributed by atoms with Gasteiger partial charge in [0.1, 0.15) is 73.2 Å². The number of hydrogen-bond donors (Lipinski definition) is 12. The molecule has 100 heavy (non-hydrogen) atoms. The topological polar surface area (TPSA) is 307 Å². The normalized spacial score (nSPS) is 27.1. The summed E-state index contributed by atoms with van der Waals surface area (Å²) in [6.45, 7) is 1.61. The molecule has 19 heteroatoms. The van der Waals surface area contributed by atoms with Crippen LogP contribution in [-0.4, -0.2) is 193 Å². The molecule has 12 N–H and O–H groups in total. The SMILES string of the molecule is CC/C=C\C/C=C\C/C=C\C/C=C\C/C=C\C/C=C\C/C=C\C/C=C\C/C=C\CCCCCCCC(=O)NC(COC1OC(CO)C(OC2OC(CO)C(OC3OC(CO)C(O)C(O)C3O)C(O)C2O)C(O)C1O)C(O)/C=C/CCCCCCCCCCCCCCCCCCCCCC. The monoisotopic (exact) mass is 1410 g/mol. The minimum absolute atomic E-state index is 0.213. The van der Waals surface area contributed by atoms with Crippen LogP contribution in [0.15, 0.2) is 122 Å². The van der Waals surface area contributed by atoms with Crippen LogP contribution in [0.5, 0.6) is 0 Å². The fourth-order valence-electron chi connectivity index (χ4n) is 12.3. The summed E-state index contributed by atoms with van der Waals surface area (Å²) in [5.74, 6) is -0.298. The molecule has 0 aliphatic carbocycles. The van der Waals surface area contributed by atoms with Gasteiger partial charge >= 0.3 is 0 Å². The number of rotatable bonds is 59. The molecule has 574 valence electrons. The Kier molecular flexibility index (Phi) is 54.7. The van der Waals surface area contributed by atoms with Crippen molar-refractivity contribution in [1.82, 2.24) is 5.32 Å². The van der Waals surface area contributed by atoms with Gasteiger partial charge < -0.3 is 89.9 Å². The Balaban J connectivity index is 1.41. The molecule has 3 heterocycles. The zero-order valence-corrected chi connectivity index (χ0v) is 61.1. The molecule has 1 amide bonds. The van der Waals surface area contributed by atoms with Crippen LogP contribution in [-0.2, 0) is 33.2 Å². The summed E-state index contributed by atoms with van der Waals surface area (Å²) in [7, 11) is 0. The van der Waals surface area contributed by atoms with Gasteiger partial charge in [-0.25, -0.2) is 0 Å². The van der Waals surface area contributed by atoms with Crippen molar-refractivity contribution in [2.24, 2.45) is 0 Å². The first kappa shape index (κ1) is 90.4. The van der Waals surface area contributed by atoms with Crippen LogP contribution in [0.3, 0.4) is 0 Å². The number of allylic oxidation sites excluding steroid dienone is 19. The van der Waals surface area contributed by atoms with Crippen molar-refractivity contribution < 1.29 is 89.4 Å². The second-order valence-corrected chi connectivity index (χ2v) is 27.1. The molecule has 0 aromatic carbocycles. The molecule has 17 unspecified atom stereocenters. The van der Waals surface area contributed by atoms with Gasteiger partial charge in [0, 0.05) is 6.42 Å². The second kappa shape index (κ2) is 60.5. The van der Waals surface area contributed by atoms with Gasteiger partial charge in [-0.3, -0.25) is 4.79 Å². The van der Waals surface area contributed by atoms with Crippen LogP contribution >= 0.6 is 0 Å². The van der Waals surface area contributed by atoms with E-state index in [2.05, 4.69) is 129 Å². The van der Waals surface area contributed by atoms with E-state index in [9.17, 15) is 61.0 Å². The number of amides is 1. The summed E-state index contributed by atoms with van der Waals surface area (Å²) in [5, 5.41) is 121. The predicted octanol–water partition coefficient (Wildman–Crippen LogP) is 12.3. The summed E-state index contributed by atoms with van der Waals surface area (Å²) in [5.41, 5.74) is 0. The van der Waals surface area contributed by atoms with Crippen molar-refractivity contribution in [3.63, 3.8) is 0 Å². The van der Waals surface area contributed by atoms with E-state index in [0.717, 1.165) is 116 Å². The number of carbonyl (C=O) groups is 1. The Bertz CT molecular complexity index is 2280. The Labute approximate surface area is 601 Å². The van der Waals surface area contributed by atoms with Crippen LogP contribution in [0.25, 0.3) is 0 Å². The highest BCUT2D eigenvalue weighted by Gasteiger charge is 2.53. The average molecular weight is 1410 g/mol. The van der Waals surface area contributed by atoms with E-state index in [4.69, 9.17) is 28.4 Å². The molecular weight excluding hydrogens is 1270 g/mol. The number of hydrogen-bond acceptors (Lipinski definition) is 18. The third-order valence-electron chi connectivity index (χ3n) is 18.5. The zero-order chi connectivity index (χ0) is 72.5. The summed E-state index contributed by atoms with van der Waals surface area (Å²) < 4.78 is 34.4. The molecule has 3 aliphatic heterocycles. The molecule has 0 bridgehead atoms. The largest absolute Gasteiger partial charge is 0.394 e. The first-order valence-corrected chi connectivity index (χ1v) is 38.8.